The van der Waals surface area contributed by atoms with Gasteiger partial charge in [0.15, 0.2) is 0 Å². The average molecular weight is 336 g/mol. The number of rotatable bonds is 6. The first-order chi connectivity index (χ1) is 12.1. The lowest BCUT2D eigenvalue weighted by Crippen LogP contribution is -2.28. The molecule has 1 amide bonds. The standard InChI is InChI=1S/C19H17FN4O/c20-15-8-6-14(7-9-15)18(19(21)25)24-16-10-11-22-17(23-16)12-13-4-2-1-3-5-13/h1-11,18H,12H2,(H2,21,25)(H,22,23,24). The van der Waals surface area contributed by atoms with Gasteiger partial charge >= 0.3 is 0 Å². The monoisotopic (exact) mass is 336 g/mol. The quantitative estimate of drug-likeness (QED) is 0.725. The summed E-state index contributed by atoms with van der Waals surface area (Å²) in [5.41, 5.74) is 7.13. The van der Waals surface area contributed by atoms with E-state index in [4.69, 9.17) is 5.73 Å². The summed E-state index contributed by atoms with van der Waals surface area (Å²) in [7, 11) is 0. The SMILES string of the molecule is NC(=O)C(Nc1ccnc(Cc2ccccc2)n1)c1ccc(F)cc1. The molecule has 1 aromatic heterocycles. The molecule has 5 nitrogen and oxygen atoms in total. The lowest BCUT2D eigenvalue weighted by atomic mass is 10.1. The number of anilines is 1. The summed E-state index contributed by atoms with van der Waals surface area (Å²) in [6, 6.07) is 16.3. The summed E-state index contributed by atoms with van der Waals surface area (Å²) in [5.74, 6) is 0.154. The van der Waals surface area contributed by atoms with E-state index in [1.54, 1.807) is 12.3 Å². The van der Waals surface area contributed by atoms with Crippen LogP contribution in [0.15, 0.2) is 66.9 Å². The highest BCUT2D eigenvalue weighted by Crippen LogP contribution is 2.19. The number of halogens is 1. The van der Waals surface area contributed by atoms with Gasteiger partial charge in [-0.15, -0.1) is 0 Å². The van der Waals surface area contributed by atoms with Gasteiger partial charge in [0.1, 0.15) is 23.5 Å². The van der Waals surface area contributed by atoms with Gasteiger partial charge in [-0.3, -0.25) is 4.79 Å². The average Bonchev–Trinajstić information content (AvgIpc) is 2.62. The van der Waals surface area contributed by atoms with Crippen molar-refractivity contribution in [3.05, 3.63) is 89.6 Å². The maximum absolute atomic E-state index is 13.1. The Kier molecular flexibility index (Phi) is 4.99. The molecule has 0 aliphatic heterocycles. The molecule has 0 saturated carbocycles. The number of nitrogens with one attached hydrogen (secondary N) is 1. The molecule has 0 aliphatic carbocycles. The van der Waals surface area contributed by atoms with Gasteiger partial charge < -0.3 is 11.1 Å². The molecule has 0 saturated heterocycles. The van der Waals surface area contributed by atoms with E-state index in [0.29, 0.717) is 23.6 Å². The van der Waals surface area contributed by atoms with E-state index in [2.05, 4.69) is 15.3 Å². The Morgan fingerprint density at radius 1 is 1.08 bits per heavy atom. The highest BCUT2D eigenvalue weighted by Gasteiger charge is 2.18. The van der Waals surface area contributed by atoms with Crippen LogP contribution in [0.1, 0.15) is 23.0 Å². The number of primary amides is 1. The number of carbonyl (C=O) groups is 1. The summed E-state index contributed by atoms with van der Waals surface area (Å²) in [4.78, 5) is 20.5. The minimum atomic E-state index is -0.805. The van der Waals surface area contributed by atoms with Crippen LogP contribution in [0, 0.1) is 5.82 Å². The van der Waals surface area contributed by atoms with Crippen LogP contribution in [0.4, 0.5) is 10.2 Å². The minimum absolute atomic E-state index is 0.376. The second-order valence-electron chi connectivity index (χ2n) is 5.55. The van der Waals surface area contributed by atoms with E-state index in [1.165, 1.54) is 24.3 Å². The normalized spacial score (nSPS) is 11.7. The fourth-order valence-electron chi connectivity index (χ4n) is 2.46. The van der Waals surface area contributed by atoms with Crippen LogP contribution in [-0.2, 0) is 11.2 Å². The van der Waals surface area contributed by atoms with Crippen LogP contribution >= 0.6 is 0 Å². The number of aromatic nitrogens is 2. The summed E-state index contributed by atoms with van der Waals surface area (Å²) < 4.78 is 13.1. The molecule has 0 bridgehead atoms. The molecule has 3 rings (SSSR count). The van der Waals surface area contributed by atoms with E-state index in [9.17, 15) is 9.18 Å². The Morgan fingerprint density at radius 3 is 2.48 bits per heavy atom. The van der Waals surface area contributed by atoms with Gasteiger partial charge in [-0.1, -0.05) is 42.5 Å². The maximum Gasteiger partial charge on any atom is 0.244 e. The Balaban J connectivity index is 1.79. The second kappa shape index (κ2) is 7.53. The number of carbonyl (C=O) groups excluding carboxylic acids is 1. The topological polar surface area (TPSA) is 80.9 Å². The lowest BCUT2D eigenvalue weighted by Gasteiger charge is -2.16. The van der Waals surface area contributed by atoms with E-state index in [1.807, 2.05) is 30.3 Å². The number of nitrogens with two attached hydrogens (primary N) is 1. The highest BCUT2D eigenvalue weighted by molar-refractivity contribution is 5.84. The lowest BCUT2D eigenvalue weighted by molar-refractivity contribution is -0.118. The third-order valence-corrected chi connectivity index (χ3v) is 3.69. The van der Waals surface area contributed by atoms with Crippen molar-refractivity contribution in [1.82, 2.24) is 9.97 Å². The fraction of sp³-hybridized carbons (Fsp3) is 0.105. The molecule has 0 radical (unpaired) electrons. The van der Waals surface area contributed by atoms with Gasteiger partial charge in [-0.05, 0) is 29.3 Å². The molecule has 1 heterocycles. The minimum Gasteiger partial charge on any atom is -0.368 e. The molecular formula is C19H17FN4O. The van der Waals surface area contributed by atoms with Crippen LogP contribution in [0.2, 0.25) is 0 Å². The van der Waals surface area contributed by atoms with Crippen molar-refractivity contribution in [1.29, 1.82) is 0 Å². The number of nitrogens with zero attached hydrogens (tertiary/aromatic N) is 2. The van der Waals surface area contributed by atoms with Crippen LogP contribution < -0.4 is 11.1 Å². The Bertz CT molecular complexity index is 853. The van der Waals surface area contributed by atoms with Crippen molar-refractivity contribution in [2.75, 3.05) is 5.32 Å². The fourth-order valence-corrected chi connectivity index (χ4v) is 2.46. The number of hydrogen-bond acceptors (Lipinski definition) is 4. The van der Waals surface area contributed by atoms with Gasteiger partial charge in [0.25, 0.3) is 0 Å². The zero-order valence-electron chi connectivity index (χ0n) is 13.4. The second-order valence-corrected chi connectivity index (χ2v) is 5.55. The van der Waals surface area contributed by atoms with E-state index in [-0.39, 0.29) is 5.82 Å². The van der Waals surface area contributed by atoms with E-state index in [0.717, 1.165) is 5.56 Å². The maximum atomic E-state index is 13.1. The van der Waals surface area contributed by atoms with Gasteiger partial charge in [0, 0.05) is 12.6 Å². The molecule has 1 atom stereocenters. The summed E-state index contributed by atoms with van der Waals surface area (Å²) >= 11 is 0. The number of amides is 1. The molecule has 2 aromatic carbocycles. The Labute approximate surface area is 144 Å². The highest BCUT2D eigenvalue weighted by atomic mass is 19.1. The molecule has 25 heavy (non-hydrogen) atoms. The molecule has 1 unspecified atom stereocenters. The molecule has 6 heteroatoms. The van der Waals surface area contributed by atoms with Gasteiger partial charge in [0.2, 0.25) is 5.91 Å². The van der Waals surface area contributed by atoms with Crippen molar-refractivity contribution in [3.63, 3.8) is 0 Å². The van der Waals surface area contributed by atoms with Crippen LogP contribution in [0.3, 0.4) is 0 Å². The number of benzene rings is 2. The summed E-state index contributed by atoms with van der Waals surface area (Å²) in [6.07, 6.45) is 2.20. The van der Waals surface area contributed by atoms with Crippen molar-refractivity contribution in [3.8, 4) is 0 Å². The molecule has 0 fully saturated rings. The zero-order chi connectivity index (χ0) is 17.6. The number of hydrogen-bond donors (Lipinski definition) is 2. The predicted molar refractivity (Wildman–Crippen MR) is 93.2 cm³/mol. The first kappa shape index (κ1) is 16.6. The van der Waals surface area contributed by atoms with Crippen molar-refractivity contribution in [2.45, 2.75) is 12.5 Å². The summed E-state index contributed by atoms with van der Waals surface area (Å²) in [6.45, 7) is 0. The zero-order valence-corrected chi connectivity index (χ0v) is 13.4. The molecule has 0 spiro atoms. The van der Waals surface area contributed by atoms with Gasteiger partial charge in [-0.25, -0.2) is 14.4 Å². The predicted octanol–water partition coefficient (Wildman–Crippen LogP) is 2.85. The van der Waals surface area contributed by atoms with Crippen LogP contribution in [0.5, 0.6) is 0 Å². The van der Waals surface area contributed by atoms with Gasteiger partial charge in [0.05, 0.1) is 0 Å². The first-order valence-electron chi connectivity index (χ1n) is 7.79. The largest absolute Gasteiger partial charge is 0.368 e. The third kappa shape index (κ3) is 4.38. The Hall–Kier alpha value is -3.28. The summed E-state index contributed by atoms with van der Waals surface area (Å²) in [5, 5.41) is 2.99. The van der Waals surface area contributed by atoms with Gasteiger partial charge in [-0.2, -0.15) is 0 Å². The van der Waals surface area contributed by atoms with Crippen LogP contribution in [0.25, 0.3) is 0 Å². The molecule has 0 aliphatic rings. The first-order valence-corrected chi connectivity index (χ1v) is 7.79. The molecule has 3 aromatic rings. The molecule has 3 N–H and O–H groups in total. The third-order valence-electron chi connectivity index (χ3n) is 3.69. The molecule has 126 valence electrons. The van der Waals surface area contributed by atoms with Crippen LogP contribution in [-0.4, -0.2) is 15.9 Å². The van der Waals surface area contributed by atoms with E-state index >= 15 is 0 Å². The van der Waals surface area contributed by atoms with E-state index < -0.39 is 11.9 Å². The van der Waals surface area contributed by atoms with Crippen molar-refractivity contribution in [2.24, 2.45) is 5.73 Å². The molecular weight excluding hydrogens is 319 g/mol. The Morgan fingerprint density at radius 2 is 1.80 bits per heavy atom. The van der Waals surface area contributed by atoms with Crippen molar-refractivity contribution >= 4 is 11.7 Å². The smallest absolute Gasteiger partial charge is 0.244 e. The van der Waals surface area contributed by atoms with Crippen molar-refractivity contribution < 1.29 is 9.18 Å².